The van der Waals surface area contributed by atoms with Crippen LogP contribution in [0.3, 0.4) is 0 Å². The molecule has 0 fully saturated rings. The van der Waals surface area contributed by atoms with Crippen molar-refractivity contribution in [2.45, 2.75) is 19.5 Å². The number of rotatable bonds is 2. The minimum Gasteiger partial charge on any atom is -0.398 e. The summed E-state index contributed by atoms with van der Waals surface area (Å²) in [5, 5.41) is 0. The van der Waals surface area contributed by atoms with Crippen LogP contribution in [0.1, 0.15) is 16.7 Å². The number of halogens is 1. The van der Waals surface area contributed by atoms with Gasteiger partial charge in [-0.1, -0.05) is 46.3 Å². The van der Waals surface area contributed by atoms with Crippen molar-refractivity contribution in [2.75, 3.05) is 12.3 Å². The number of benzene rings is 2. The van der Waals surface area contributed by atoms with Gasteiger partial charge in [-0.25, -0.2) is 0 Å². The molecule has 19 heavy (non-hydrogen) atoms. The highest BCUT2D eigenvalue weighted by Gasteiger charge is 2.18. The van der Waals surface area contributed by atoms with Crippen molar-refractivity contribution >= 4 is 21.6 Å². The van der Waals surface area contributed by atoms with E-state index in [0.29, 0.717) is 0 Å². The number of hydrogen-bond donors (Lipinski definition) is 1. The van der Waals surface area contributed by atoms with Crippen LogP contribution in [0.2, 0.25) is 0 Å². The number of nitrogens with zero attached hydrogens (tertiary/aromatic N) is 1. The molecule has 1 aliphatic rings. The van der Waals surface area contributed by atoms with E-state index in [9.17, 15) is 0 Å². The molecule has 3 heteroatoms. The van der Waals surface area contributed by atoms with Crippen molar-refractivity contribution in [3.05, 3.63) is 63.6 Å². The summed E-state index contributed by atoms with van der Waals surface area (Å²) in [4.78, 5) is 2.47. The SMILES string of the molecule is Nc1cccc2c1CCN(Cc1ccccc1Br)C2. The Bertz CT molecular complexity index is 595. The summed E-state index contributed by atoms with van der Waals surface area (Å²) in [6, 6.07) is 14.7. The van der Waals surface area contributed by atoms with Crippen molar-refractivity contribution in [1.82, 2.24) is 4.90 Å². The molecule has 0 aromatic heterocycles. The molecule has 0 bridgehead atoms. The normalized spacial score (nSPS) is 15.2. The summed E-state index contributed by atoms with van der Waals surface area (Å²) in [5.74, 6) is 0. The fourth-order valence-electron chi connectivity index (χ4n) is 2.70. The first kappa shape index (κ1) is 12.7. The Morgan fingerprint density at radius 2 is 1.95 bits per heavy atom. The summed E-state index contributed by atoms with van der Waals surface area (Å²) in [5.41, 5.74) is 11.0. The number of anilines is 1. The van der Waals surface area contributed by atoms with Gasteiger partial charge in [0.2, 0.25) is 0 Å². The standard InChI is InChI=1S/C16H17BrN2/c17-15-6-2-1-4-13(15)11-19-9-8-14-12(10-19)5-3-7-16(14)18/h1-7H,8-11,18H2. The van der Waals surface area contributed by atoms with Gasteiger partial charge in [0.1, 0.15) is 0 Å². The van der Waals surface area contributed by atoms with Gasteiger partial charge in [0.25, 0.3) is 0 Å². The zero-order valence-corrected chi connectivity index (χ0v) is 12.4. The molecule has 0 unspecified atom stereocenters. The molecule has 1 heterocycles. The van der Waals surface area contributed by atoms with E-state index in [4.69, 9.17) is 5.73 Å². The van der Waals surface area contributed by atoms with E-state index in [1.54, 1.807) is 0 Å². The Morgan fingerprint density at radius 1 is 1.11 bits per heavy atom. The van der Waals surface area contributed by atoms with Gasteiger partial charge in [-0.15, -0.1) is 0 Å². The summed E-state index contributed by atoms with van der Waals surface area (Å²) < 4.78 is 1.19. The molecule has 0 aliphatic carbocycles. The number of fused-ring (bicyclic) bond motifs is 1. The van der Waals surface area contributed by atoms with Crippen LogP contribution in [0.5, 0.6) is 0 Å². The number of nitrogen functional groups attached to an aromatic ring is 1. The fourth-order valence-corrected chi connectivity index (χ4v) is 3.11. The van der Waals surface area contributed by atoms with E-state index in [0.717, 1.165) is 31.7 Å². The van der Waals surface area contributed by atoms with Gasteiger partial charge in [-0.2, -0.15) is 0 Å². The lowest BCUT2D eigenvalue weighted by Gasteiger charge is -2.29. The monoisotopic (exact) mass is 316 g/mol. The van der Waals surface area contributed by atoms with Gasteiger partial charge in [-0.05, 0) is 35.2 Å². The Kier molecular flexibility index (Phi) is 3.58. The topological polar surface area (TPSA) is 29.3 Å². The molecule has 2 N–H and O–H groups in total. The molecule has 0 spiro atoms. The maximum Gasteiger partial charge on any atom is 0.0350 e. The van der Waals surface area contributed by atoms with E-state index in [2.05, 4.69) is 57.2 Å². The first-order valence-corrected chi connectivity index (χ1v) is 7.35. The minimum atomic E-state index is 0.943. The van der Waals surface area contributed by atoms with Gasteiger partial charge < -0.3 is 5.73 Å². The Hall–Kier alpha value is -1.32. The van der Waals surface area contributed by atoms with Gasteiger partial charge in [-0.3, -0.25) is 4.90 Å². The molecule has 0 atom stereocenters. The van der Waals surface area contributed by atoms with E-state index >= 15 is 0 Å². The van der Waals surface area contributed by atoms with E-state index in [1.165, 1.54) is 21.2 Å². The predicted octanol–water partition coefficient (Wildman–Crippen LogP) is 3.59. The van der Waals surface area contributed by atoms with Crippen molar-refractivity contribution < 1.29 is 0 Å². The lowest BCUT2D eigenvalue weighted by atomic mass is 9.97. The van der Waals surface area contributed by atoms with Crippen LogP contribution in [0, 0.1) is 0 Å². The molecule has 0 saturated carbocycles. The molecule has 1 aliphatic heterocycles. The van der Waals surface area contributed by atoms with Crippen molar-refractivity contribution in [2.24, 2.45) is 0 Å². The second-order valence-corrected chi connectivity index (χ2v) is 5.89. The largest absolute Gasteiger partial charge is 0.398 e. The molecular weight excluding hydrogens is 300 g/mol. The Balaban J connectivity index is 1.78. The highest BCUT2D eigenvalue weighted by Crippen LogP contribution is 2.26. The summed E-state index contributed by atoms with van der Waals surface area (Å²) >= 11 is 3.62. The van der Waals surface area contributed by atoms with Gasteiger partial charge in [0.15, 0.2) is 0 Å². The van der Waals surface area contributed by atoms with E-state index < -0.39 is 0 Å². The van der Waals surface area contributed by atoms with Crippen LogP contribution in [0.25, 0.3) is 0 Å². The zero-order valence-electron chi connectivity index (χ0n) is 10.8. The lowest BCUT2D eigenvalue weighted by molar-refractivity contribution is 0.245. The molecule has 0 saturated heterocycles. The van der Waals surface area contributed by atoms with Crippen molar-refractivity contribution in [3.63, 3.8) is 0 Å². The molecule has 2 nitrogen and oxygen atoms in total. The summed E-state index contributed by atoms with van der Waals surface area (Å²) in [6.07, 6.45) is 1.05. The van der Waals surface area contributed by atoms with E-state index in [1.807, 2.05) is 6.07 Å². The predicted molar refractivity (Wildman–Crippen MR) is 82.8 cm³/mol. The second kappa shape index (κ2) is 5.35. The second-order valence-electron chi connectivity index (χ2n) is 5.04. The van der Waals surface area contributed by atoms with E-state index in [-0.39, 0.29) is 0 Å². The van der Waals surface area contributed by atoms with Crippen LogP contribution in [0.15, 0.2) is 46.9 Å². The molecule has 2 aromatic rings. The zero-order chi connectivity index (χ0) is 13.2. The Morgan fingerprint density at radius 3 is 2.79 bits per heavy atom. The first-order valence-electron chi connectivity index (χ1n) is 6.56. The van der Waals surface area contributed by atoms with Crippen molar-refractivity contribution in [1.29, 1.82) is 0 Å². The fraction of sp³-hybridized carbons (Fsp3) is 0.250. The minimum absolute atomic E-state index is 0.943. The summed E-state index contributed by atoms with van der Waals surface area (Å²) in [6.45, 7) is 3.04. The van der Waals surface area contributed by atoms with Crippen LogP contribution in [0.4, 0.5) is 5.69 Å². The third-order valence-corrected chi connectivity index (χ3v) is 4.51. The third kappa shape index (κ3) is 2.67. The molecule has 98 valence electrons. The molecule has 0 amide bonds. The maximum absolute atomic E-state index is 6.04. The molecule has 0 radical (unpaired) electrons. The smallest absolute Gasteiger partial charge is 0.0350 e. The molecule has 3 rings (SSSR count). The quantitative estimate of drug-likeness (QED) is 0.858. The van der Waals surface area contributed by atoms with Crippen LogP contribution >= 0.6 is 15.9 Å². The van der Waals surface area contributed by atoms with Crippen LogP contribution in [-0.2, 0) is 19.5 Å². The third-order valence-electron chi connectivity index (χ3n) is 3.73. The van der Waals surface area contributed by atoms with Gasteiger partial charge in [0.05, 0.1) is 0 Å². The summed E-state index contributed by atoms with van der Waals surface area (Å²) in [7, 11) is 0. The lowest BCUT2D eigenvalue weighted by Crippen LogP contribution is -2.30. The average molecular weight is 317 g/mol. The van der Waals surface area contributed by atoms with Crippen molar-refractivity contribution in [3.8, 4) is 0 Å². The highest BCUT2D eigenvalue weighted by atomic mass is 79.9. The highest BCUT2D eigenvalue weighted by molar-refractivity contribution is 9.10. The van der Waals surface area contributed by atoms with Crippen LogP contribution in [-0.4, -0.2) is 11.4 Å². The molecule has 2 aromatic carbocycles. The Labute approximate surface area is 122 Å². The number of hydrogen-bond acceptors (Lipinski definition) is 2. The molecular formula is C16H17BrN2. The van der Waals surface area contributed by atoms with Gasteiger partial charge in [0, 0.05) is 29.8 Å². The number of nitrogens with two attached hydrogens (primary N) is 1. The van der Waals surface area contributed by atoms with Gasteiger partial charge >= 0.3 is 0 Å². The maximum atomic E-state index is 6.04. The van der Waals surface area contributed by atoms with Crippen LogP contribution < -0.4 is 5.73 Å². The first-order chi connectivity index (χ1) is 9.24. The average Bonchev–Trinajstić information content (AvgIpc) is 2.42.